The summed E-state index contributed by atoms with van der Waals surface area (Å²) in [5, 5.41) is 10.6. The van der Waals surface area contributed by atoms with Crippen LogP contribution in [0.15, 0.2) is 0 Å². The number of ether oxygens (including phenoxy) is 4. The number of aliphatic hydroxyl groups excluding tert-OH is 1. The lowest BCUT2D eigenvalue weighted by Gasteiger charge is -2.21. The number of aliphatic hydroxyl groups is 1. The van der Waals surface area contributed by atoms with Crippen LogP contribution in [0.2, 0.25) is 0 Å². The van der Waals surface area contributed by atoms with Crippen molar-refractivity contribution in [1.29, 1.82) is 0 Å². The highest BCUT2D eigenvalue weighted by Gasteiger charge is 2.30. The van der Waals surface area contributed by atoms with Gasteiger partial charge in [0.05, 0.1) is 26.4 Å². The molecule has 0 aliphatic rings. The monoisotopic (exact) mass is 1420 g/mol. The second-order valence-corrected chi connectivity index (χ2v) is 32.4. The van der Waals surface area contributed by atoms with Gasteiger partial charge in [0.25, 0.3) is 0 Å². The van der Waals surface area contributed by atoms with Gasteiger partial charge in [-0.25, -0.2) is 9.13 Å². The number of carbonyl (C=O) groups excluding carboxylic acids is 4. The maximum atomic E-state index is 13.1. The quantitative estimate of drug-likeness (QED) is 0.0222. The molecule has 0 rings (SSSR count). The largest absolute Gasteiger partial charge is 0.472 e. The first kappa shape index (κ1) is 95.1. The van der Waals surface area contributed by atoms with Gasteiger partial charge in [-0.1, -0.05) is 344 Å². The van der Waals surface area contributed by atoms with Crippen LogP contribution in [0.3, 0.4) is 0 Å². The van der Waals surface area contributed by atoms with E-state index in [2.05, 4.69) is 55.4 Å². The molecule has 0 aromatic rings. The molecular formula is C78H152O17P2. The standard InChI is InChI=1S/C78H152O17P2/c1-9-70(7)56-48-40-31-25-21-17-15-13-11-12-14-16-18-22-26-33-42-50-58-75(80)88-64-73(94-77(82)60-52-44-34-27-23-19-20-24-30-38-46-54-68(3)4)66-92-96(84,85)90-62-72(79)63-91-97(86,87)93-67-74(65-89-76(81)59-51-43-37-36-39-47-55-69(5)6)95-78(83)61-53-45-35-29-28-32-41-49-57-71(8)10-2/h68-74,79H,9-67H2,1-8H3,(H,84,85)(H,86,87)/t70?,71?,72-,73-,74-/m1/s1. The Kier molecular flexibility index (Phi) is 65.9. The molecule has 576 valence electrons. The van der Waals surface area contributed by atoms with Crippen LogP contribution < -0.4 is 0 Å². The van der Waals surface area contributed by atoms with E-state index < -0.39 is 97.5 Å². The normalized spacial score (nSPS) is 14.6. The highest BCUT2D eigenvalue weighted by molar-refractivity contribution is 7.47. The summed E-state index contributed by atoms with van der Waals surface area (Å²) in [6, 6.07) is 0. The Labute approximate surface area is 594 Å². The van der Waals surface area contributed by atoms with Crippen LogP contribution >= 0.6 is 15.6 Å². The average Bonchev–Trinajstić information content (AvgIpc) is 1.27. The summed E-state index contributed by atoms with van der Waals surface area (Å²) in [7, 11) is -9.91. The second-order valence-electron chi connectivity index (χ2n) is 29.5. The van der Waals surface area contributed by atoms with Gasteiger partial charge in [-0.05, 0) is 49.4 Å². The van der Waals surface area contributed by atoms with Crippen LogP contribution in [-0.4, -0.2) is 96.7 Å². The minimum atomic E-state index is -4.96. The molecule has 0 aromatic heterocycles. The zero-order valence-electron chi connectivity index (χ0n) is 63.7. The molecule has 19 heteroatoms. The van der Waals surface area contributed by atoms with Gasteiger partial charge in [0.1, 0.15) is 19.3 Å². The summed E-state index contributed by atoms with van der Waals surface area (Å²) in [6.07, 6.45) is 52.9. The van der Waals surface area contributed by atoms with E-state index in [9.17, 15) is 43.2 Å². The molecular weight excluding hydrogens is 1270 g/mol. The lowest BCUT2D eigenvalue weighted by Crippen LogP contribution is -2.30. The molecule has 4 unspecified atom stereocenters. The third kappa shape index (κ3) is 69.5. The van der Waals surface area contributed by atoms with Crippen molar-refractivity contribution >= 4 is 39.5 Å². The van der Waals surface area contributed by atoms with Crippen molar-refractivity contribution in [1.82, 2.24) is 0 Å². The summed E-state index contributed by atoms with van der Waals surface area (Å²) in [5.41, 5.74) is 0. The molecule has 17 nitrogen and oxygen atoms in total. The number of phosphoric acid groups is 2. The number of hydrogen-bond donors (Lipinski definition) is 3. The Morgan fingerprint density at radius 3 is 0.732 bits per heavy atom. The number of hydrogen-bond acceptors (Lipinski definition) is 15. The third-order valence-electron chi connectivity index (χ3n) is 18.8. The Balaban J connectivity index is 5.17. The van der Waals surface area contributed by atoms with Gasteiger partial charge in [-0.3, -0.25) is 37.3 Å². The molecule has 97 heavy (non-hydrogen) atoms. The zero-order chi connectivity index (χ0) is 71.7. The van der Waals surface area contributed by atoms with Gasteiger partial charge in [0.15, 0.2) is 12.2 Å². The maximum Gasteiger partial charge on any atom is 0.472 e. The van der Waals surface area contributed by atoms with Gasteiger partial charge in [-0.15, -0.1) is 0 Å². The maximum absolute atomic E-state index is 13.1. The molecule has 0 aliphatic carbocycles. The van der Waals surface area contributed by atoms with Crippen LogP contribution in [0.4, 0.5) is 0 Å². The number of unbranched alkanes of at least 4 members (excludes halogenated alkanes) is 39. The fourth-order valence-electron chi connectivity index (χ4n) is 11.8. The molecule has 0 fully saturated rings. The molecule has 0 saturated heterocycles. The SMILES string of the molecule is CCC(C)CCCCCCCCCCCCCCCCCCCCC(=O)OC[C@H](COP(=O)(O)OC[C@@H](O)COP(=O)(O)OC[C@@H](COC(=O)CCCCCCCCC(C)C)OC(=O)CCCCCCCCCCC(C)CC)OC(=O)CCCCCCCCCCCCCC(C)C. The fourth-order valence-corrected chi connectivity index (χ4v) is 13.4. The third-order valence-corrected chi connectivity index (χ3v) is 20.7. The van der Waals surface area contributed by atoms with Gasteiger partial charge in [-0.2, -0.15) is 0 Å². The Bertz CT molecular complexity index is 1910. The summed E-state index contributed by atoms with van der Waals surface area (Å²) in [6.45, 7) is 14.2. The minimum absolute atomic E-state index is 0.104. The average molecular weight is 1420 g/mol. The first-order valence-corrected chi connectivity index (χ1v) is 43.3. The Morgan fingerprint density at radius 2 is 0.495 bits per heavy atom. The number of phosphoric ester groups is 2. The van der Waals surface area contributed by atoms with Crippen molar-refractivity contribution < 1.29 is 80.2 Å². The van der Waals surface area contributed by atoms with E-state index in [1.165, 1.54) is 193 Å². The van der Waals surface area contributed by atoms with Crippen molar-refractivity contribution in [3.63, 3.8) is 0 Å². The predicted molar refractivity (Wildman–Crippen MR) is 395 cm³/mol. The molecule has 0 heterocycles. The van der Waals surface area contributed by atoms with E-state index in [1.54, 1.807) is 0 Å². The molecule has 0 aromatic carbocycles. The molecule has 0 bridgehead atoms. The lowest BCUT2D eigenvalue weighted by molar-refractivity contribution is -0.161. The first-order chi connectivity index (χ1) is 46.7. The van der Waals surface area contributed by atoms with Gasteiger partial charge < -0.3 is 33.8 Å². The van der Waals surface area contributed by atoms with Crippen molar-refractivity contribution in [2.75, 3.05) is 39.6 Å². The van der Waals surface area contributed by atoms with Crippen LogP contribution in [-0.2, 0) is 65.4 Å². The highest BCUT2D eigenvalue weighted by Crippen LogP contribution is 2.45. The van der Waals surface area contributed by atoms with Gasteiger partial charge >= 0.3 is 39.5 Å². The van der Waals surface area contributed by atoms with Crippen LogP contribution in [0, 0.1) is 23.7 Å². The summed E-state index contributed by atoms with van der Waals surface area (Å²) >= 11 is 0. The smallest absolute Gasteiger partial charge is 0.462 e. The van der Waals surface area contributed by atoms with E-state index >= 15 is 0 Å². The Morgan fingerprint density at radius 1 is 0.289 bits per heavy atom. The van der Waals surface area contributed by atoms with Crippen LogP contribution in [0.25, 0.3) is 0 Å². The van der Waals surface area contributed by atoms with Crippen LogP contribution in [0.1, 0.15) is 396 Å². The van der Waals surface area contributed by atoms with Crippen molar-refractivity contribution in [2.45, 2.75) is 414 Å². The molecule has 0 radical (unpaired) electrons. The topological polar surface area (TPSA) is 237 Å². The second kappa shape index (κ2) is 67.2. The van der Waals surface area contributed by atoms with Crippen molar-refractivity contribution in [3.05, 3.63) is 0 Å². The van der Waals surface area contributed by atoms with Crippen molar-refractivity contribution in [3.8, 4) is 0 Å². The predicted octanol–water partition coefficient (Wildman–Crippen LogP) is 22.8. The number of esters is 4. The molecule has 3 N–H and O–H groups in total. The van der Waals surface area contributed by atoms with E-state index in [4.69, 9.17) is 37.0 Å². The lowest BCUT2D eigenvalue weighted by atomic mass is 9.99. The Hall–Kier alpha value is -1.94. The van der Waals surface area contributed by atoms with E-state index in [0.717, 1.165) is 114 Å². The van der Waals surface area contributed by atoms with E-state index in [1.807, 2.05) is 0 Å². The van der Waals surface area contributed by atoms with Crippen molar-refractivity contribution in [2.24, 2.45) is 23.7 Å². The summed E-state index contributed by atoms with van der Waals surface area (Å²) in [5.74, 6) is 0.965. The number of carbonyl (C=O) groups is 4. The van der Waals surface area contributed by atoms with Crippen LogP contribution in [0.5, 0.6) is 0 Å². The number of rotatable bonds is 75. The molecule has 0 aliphatic heterocycles. The molecule has 0 saturated carbocycles. The zero-order valence-corrected chi connectivity index (χ0v) is 65.5. The summed E-state index contributed by atoms with van der Waals surface area (Å²) in [4.78, 5) is 72.8. The fraction of sp³-hybridized carbons (Fsp3) is 0.949. The molecule has 0 amide bonds. The summed E-state index contributed by atoms with van der Waals surface area (Å²) < 4.78 is 68.5. The van der Waals surface area contributed by atoms with Gasteiger partial charge in [0, 0.05) is 25.7 Å². The highest BCUT2D eigenvalue weighted by atomic mass is 31.2. The first-order valence-electron chi connectivity index (χ1n) is 40.3. The molecule has 7 atom stereocenters. The van der Waals surface area contributed by atoms with Gasteiger partial charge in [0.2, 0.25) is 0 Å². The minimum Gasteiger partial charge on any atom is -0.462 e. The van der Waals surface area contributed by atoms with E-state index in [0.29, 0.717) is 31.6 Å². The molecule has 0 spiro atoms. The van der Waals surface area contributed by atoms with E-state index in [-0.39, 0.29) is 25.7 Å².